The maximum absolute atomic E-state index is 12.7. The zero-order valence-electron chi connectivity index (χ0n) is 12.5. The molecule has 1 aromatic carbocycles. The highest BCUT2D eigenvalue weighted by Crippen LogP contribution is 2.32. The Morgan fingerprint density at radius 1 is 1.23 bits per heavy atom. The molecule has 0 amide bonds. The summed E-state index contributed by atoms with van der Waals surface area (Å²) in [5.41, 5.74) is 0. The van der Waals surface area contributed by atoms with Gasteiger partial charge in [-0.2, -0.15) is 4.31 Å². The third-order valence-corrected chi connectivity index (χ3v) is 5.60. The molecule has 1 fully saturated rings. The van der Waals surface area contributed by atoms with Crippen molar-refractivity contribution in [1.29, 1.82) is 0 Å². The topological polar surface area (TPSA) is 93.1 Å². The predicted octanol–water partition coefficient (Wildman–Crippen LogP) is 1.33. The minimum absolute atomic E-state index is 0.00157. The Bertz CT molecular complexity index is 657. The van der Waals surface area contributed by atoms with E-state index in [0.717, 1.165) is 4.31 Å². The van der Waals surface area contributed by atoms with E-state index in [4.69, 9.17) is 9.47 Å². The van der Waals surface area contributed by atoms with Gasteiger partial charge >= 0.3 is 5.97 Å². The second kappa shape index (κ2) is 6.53. The Labute approximate surface area is 129 Å². The molecule has 0 unspecified atom stereocenters. The van der Waals surface area contributed by atoms with Crippen LogP contribution in [0.25, 0.3) is 0 Å². The number of ether oxygens (including phenoxy) is 2. The molecule has 1 N–H and O–H groups in total. The average Bonchev–Trinajstić information content (AvgIpc) is 2.54. The third kappa shape index (κ3) is 3.02. The monoisotopic (exact) mass is 329 g/mol. The van der Waals surface area contributed by atoms with Gasteiger partial charge in [0.1, 0.15) is 6.04 Å². The average molecular weight is 329 g/mol. The largest absolute Gasteiger partial charge is 0.493 e. The minimum Gasteiger partial charge on any atom is -0.493 e. The molecule has 1 heterocycles. The molecule has 1 saturated heterocycles. The van der Waals surface area contributed by atoms with Crippen LogP contribution in [0.5, 0.6) is 11.5 Å². The van der Waals surface area contributed by atoms with Crippen molar-refractivity contribution >= 4 is 16.0 Å². The molecule has 2 rings (SSSR count). The van der Waals surface area contributed by atoms with Gasteiger partial charge in [0.15, 0.2) is 11.5 Å². The number of aliphatic carboxylic acids is 1. The Hall–Kier alpha value is -1.80. The molecule has 0 radical (unpaired) electrons. The second-order valence-corrected chi connectivity index (χ2v) is 6.87. The van der Waals surface area contributed by atoms with Gasteiger partial charge in [-0.15, -0.1) is 0 Å². The van der Waals surface area contributed by atoms with Gasteiger partial charge in [0, 0.05) is 12.6 Å². The molecular formula is C14H19NO6S. The highest BCUT2D eigenvalue weighted by molar-refractivity contribution is 7.89. The number of sulfonamides is 1. The summed E-state index contributed by atoms with van der Waals surface area (Å²) in [4.78, 5) is 11.3. The molecule has 1 aliphatic heterocycles. The van der Waals surface area contributed by atoms with Crippen LogP contribution in [-0.2, 0) is 14.8 Å². The van der Waals surface area contributed by atoms with Crippen molar-refractivity contribution in [1.82, 2.24) is 4.31 Å². The maximum atomic E-state index is 12.7. The quantitative estimate of drug-likeness (QED) is 0.876. The molecular weight excluding hydrogens is 310 g/mol. The molecule has 7 nitrogen and oxygen atoms in total. The van der Waals surface area contributed by atoms with Crippen LogP contribution in [0.4, 0.5) is 0 Å². The number of carbonyl (C=O) groups is 1. The van der Waals surface area contributed by atoms with E-state index in [0.29, 0.717) is 25.0 Å². The SMILES string of the molecule is COc1ccc(S(=O)(=O)N2CCCC[C@@H]2C(=O)O)cc1OC. The van der Waals surface area contributed by atoms with Crippen LogP contribution in [-0.4, -0.2) is 50.6 Å². The van der Waals surface area contributed by atoms with Gasteiger partial charge in [-0.25, -0.2) is 8.42 Å². The van der Waals surface area contributed by atoms with Gasteiger partial charge in [0.05, 0.1) is 19.1 Å². The van der Waals surface area contributed by atoms with Crippen molar-refractivity contribution in [2.75, 3.05) is 20.8 Å². The van der Waals surface area contributed by atoms with E-state index in [1.165, 1.54) is 32.4 Å². The van der Waals surface area contributed by atoms with Gasteiger partial charge in [0.25, 0.3) is 0 Å². The number of nitrogens with zero attached hydrogens (tertiary/aromatic N) is 1. The van der Waals surface area contributed by atoms with E-state index in [1.807, 2.05) is 0 Å². The Kier molecular flexibility index (Phi) is 4.92. The van der Waals surface area contributed by atoms with E-state index in [2.05, 4.69) is 0 Å². The summed E-state index contributed by atoms with van der Waals surface area (Å²) in [5, 5.41) is 9.25. The Morgan fingerprint density at radius 3 is 2.50 bits per heavy atom. The van der Waals surface area contributed by atoms with Crippen LogP contribution >= 0.6 is 0 Å². The fraction of sp³-hybridized carbons (Fsp3) is 0.500. The van der Waals surface area contributed by atoms with Crippen molar-refractivity contribution in [3.8, 4) is 11.5 Å². The summed E-state index contributed by atoms with van der Waals surface area (Å²) >= 11 is 0. The van der Waals surface area contributed by atoms with Crippen molar-refractivity contribution in [2.24, 2.45) is 0 Å². The summed E-state index contributed by atoms with van der Waals surface area (Å²) in [6, 6.07) is 3.21. The van der Waals surface area contributed by atoms with Crippen LogP contribution in [0.3, 0.4) is 0 Å². The molecule has 1 aromatic rings. The molecule has 0 aliphatic carbocycles. The van der Waals surface area contributed by atoms with Gasteiger partial charge in [-0.3, -0.25) is 4.79 Å². The summed E-state index contributed by atoms with van der Waals surface area (Å²) in [7, 11) is -1.03. The fourth-order valence-electron chi connectivity index (χ4n) is 2.55. The maximum Gasteiger partial charge on any atom is 0.322 e. The Balaban J connectivity index is 2.42. The number of carboxylic acids is 1. The molecule has 1 atom stereocenters. The van der Waals surface area contributed by atoms with E-state index in [9.17, 15) is 18.3 Å². The van der Waals surface area contributed by atoms with Crippen LogP contribution in [0, 0.1) is 0 Å². The van der Waals surface area contributed by atoms with Gasteiger partial charge in [-0.1, -0.05) is 0 Å². The lowest BCUT2D eigenvalue weighted by Gasteiger charge is -2.31. The number of methoxy groups -OCH3 is 2. The van der Waals surface area contributed by atoms with E-state index >= 15 is 0 Å². The van der Waals surface area contributed by atoms with Crippen LogP contribution in [0.2, 0.25) is 0 Å². The number of carboxylic acid groups (broad SMARTS) is 1. The first-order valence-electron chi connectivity index (χ1n) is 6.88. The van der Waals surface area contributed by atoms with Crippen LogP contribution in [0.1, 0.15) is 19.3 Å². The smallest absolute Gasteiger partial charge is 0.322 e. The fourth-order valence-corrected chi connectivity index (χ4v) is 4.22. The highest BCUT2D eigenvalue weighted by Gasteiger charge is 2.37. The molecule has 0 spiro atoms. The number of hydrogen-bond acceptors (Lipinski definition) is 5. The van der Waals surface area contributed by atoms with Crippen molar-refractivity contribution in [2.45, 2.75) is 30.2 Å². The lowest BCUT2D eigenvalue weighted by molar-refractivity contribution is -0.142. The number of rotatable bonds is 5. The Morgan fingerprint density at radius 2 is 1.91 bits per heavy atom. The molecule has 0 saturated carbocycles. The summed E-state index contributed by atoms with van der Waals surface area (Å²) in [5.74, 6) is -0.425. The normalized spacial score (nSPS) is 19.6. The lowest BCUT2D eigenvalue weighted by Crippen LogP contribution is -2.47. The minimum atomic E-state index is -3.90. The number of hydrogen-bond donors (Lipinski definition) is 1. The molecule has 0 aromatic heterocycles. The van der Waals surface area contributed by atoms with E-state index in [1.54, 1.807) is 0 Å². The first kappa shape index (κ1) is 16.6. The van der Waals surface area contributed by atoms with Gasteiger partial charge in [0.2, 0.25) is 10.0 Å². The molecule has 122 valence electrons. The molecule has 0 bridgehead atoms. The molecule has 1 aliphatic rings. The summed E-state index contributed by atoms with van der Waals surface area (Å²) < 4.78 is 36.7. The van der Waals surface area contributed by atoms with Crippen molar-refractivity contribution in [3.05, 3.63) is 18.2 Å². The third-order valence-electron chi connectivity index (χ3n) is 3.70. The predicted molar refractivity (Wildman–Crippen MR) is 78.7 cm³/mol. The first-order chi connectivity index (χ1) is 10.4. The van der Waals surface area contributed by atoms with Gasteiger partial charge in [-0.05, 0) is 31.4 Å². The molecule has 22 heavy (non-hydrogen) atoms. The first-order valence-corrected chi connectivity index (χ1v) is 8.32. The number of piperidine rings is 1. The lowest BCUT2D eigenvalue weighted by atomic mass is 10.1. The summed E-state index contributed by atoms with van der Waals surface area (Å²) in [6.45, 7) is 0.202. The zero-order chi connectivity index (χ0) is 16.3. The van der Waals surface area contributed by atoms with E-state index in [-0.39, 0.29) is 17.2 Å². The van der Waals surface area contributed by atoms with Crippen molar-refractivity contribution < 1.29 is 27.8 Å². The summed E-state index contributed by atoms with van der Waals surface area (Å²) in [6.07, 6.45) is 1.67. The second-order valence-electron chi connectivity index (χ2n) is 4.98. The van der Waals surface area contributed by atoms with Crippen molar-refractivity contribution in [3.63, 3.8) is 0 Å². The van der Waals surface area contributed by atoms with Crippen LogP contribution < -0.4 is 9.47 Å². The van der Waals surface area contributed by atoms with Gasteiger partial charge < -0.3 is 14.6 Å². The zero-order valence-corrected chi connectivity index (χ0v) is 13.3. The highest BCUT2D eigenvalue weighted by atomic mass is 32.2. The van der Waals surface area contributed by atoms with E-state index < -0.39 is 22.0 Å². The standard InChI is InChI=1S/C14H19NO6S/c1-20-12-7-6-10(9-13(12)21-2)22(18,19)15-8-4-3-5-11(15)14(16)17/h6-7,9,11H,3-5,8H2,1-2H3,(H,16,17)/t11-/m1/s1. The molecule has 8 heteroatoms. The van der Waals surface area contributed by atoms with Crippen LogP contribution in [0.15, 0.2) is 23.1 Å². The number of benzene rings is 1.